The first-order valence-electron chi connectivity index (χ1n) is 7.27. The summed E-state index contributed by atoms with van der Waals surface area (Å²) in [5.41, 5.74) is 2.60. The Bertz CT molecular complexity index is 827. The third-order valence-electron chi connectivity index (χ3n) is 3.41. The lowest BCUT2D eigenvalue weighted by atomic mass is 10.2. The summed E-state index contributed by atoms with van der Waals surface area (Å²) in [7, 11) is 0. The number of halogens is 1. The Labute approximate surface area is 143 Å². The van der Waals surface area contributed by atoms with Crippen molar-refractivity contribution in [2.75, 3.05) is 5.32 Å². The Morgan fingerprint density at radius 1 is 1.13 bits per heavy atom. The van der Waals surface area contributed by atoms with Gasteiger partial charge in [0.2, 0.25) is 0 Å². The van der Waals surface area contributed by atoms with Crippen LogP contribution in [-0.4, -0.2) is 15.7 Å². The molecule has 4 nitrogen and oxygen atoms in total. The fourth-order valence-electron chi connectivity index (χ4n) is 2.34. The SMILES string of the molecule is Cc1cc(NC(=O)c2cccc(Br)c2)n(Cc2ccccc2)n1. The van der Waals surface area contributed by atoms with Crippen LogP contribution in [0.5, 0.6) is 0 Å². The largest absolute Gasteiger partial charge is 0.307 e. The van der Waals surface area contributed by atoms with Crippen LogP contribution in [0.4, 0.5) is 5.82 Å². The third kappa shape index (κ3) is 3.87. The Morgan fingerprint density at radius 2 is 1.91 bits per heavy atom. The van der Waals surface area contributed by atoms with Gasteiger partial charge in [-0.05, 0) is 30.7 Å². The summed E-state index contributed by atoms with van der Waals surface area (Å²) < 4.78 is 2.68. The first-order valence-corrected chi connectivity index (χ1v) is 8.06. The summed E-state index contributed by atoms with van der Waals surface area (Å²) in [5.74, 6) is 0.539. The van der Waals surface area contributed by atoms with E-state index in [9.17, 15) is 4.79 Å². The summed E-state index contributed by atoms with van der Waals surface area (Å²) >= 11 is 3.38. The lowest BCUT2D eigenvalue weighted by molar-refractivity contribution is 0.102. The zero-order chi connectivity index (χ0) is 16.2. The van der Waals surface area contributed by atoms with E-state index in [0.717, 1.165) is 15.7 Å². The summed E-state index contributed by atoms with van der Waals surface area (Å²) in [6.45, 7) is 2.53. The minimum Gasteiger partial charge on any atom is -0.307 e. The molecular formula is C18H16BrN3O. The van der Waals surface area contributed by atoms with Gasteiger partial charge in [-0.15, -0.1) is 0 Å². The first-order chi connectivity index (χ1) is 11.1. The Balaban J connectivity index is 1.82. The van der Waals surface area contributed by atoms with Crippen molar-refractivity contribution < 1.29 is 4.79 Å². The average molecular weight is 370 g/mol. The van der Waals surface area contributed by atoms with Crippen molar-refractivity contribution in [3.8, 4) is 0 Å². The molecule has 2 aromatic carbocycles. The normalized spacial score (nSPS) is 10.5. The standard InChI is InChI=1S/C18H16BrN3O/c1-13-10-17(20-18(23)15-8-5-9-16(19)11-15)22(21-13)12-14-6-3-2-4-7-14/h2-11H,12H2,1H3,(H,20,23). The number of nitrogens with one attached hydrogen (secondary N) is 1. The maximum absolute atomic E-state index is 12.4. The number of rotatable bonds is 4. The third-order valence-corrected chi connectivity index (χ3v) is 3.90. The maximum atomic E-state index is 12.4. The molecule has 0 aliphatic carbocycles. The van der Waals surface area contributed by atoms with Gasteiger partial charge in [-0.25, -0.2) is 4.68 Å². The molecule has 3 rings (SSSR count). The quantitative estimate of drug-likeness (QED) is 0.746. The molecule has 0 saturated carbocycles. The van der Waals surface area contributed by atoms with E-state index in [0.29, 0.717) is 17.9 Å². The zero-order valence-electron chi connectivity index (χ0n) is 12.7. The molecule has 0 unspecified atom stereocenters. The number of anilines is 1. The van der Waals surface area contributed by atoms with Gasteiger partial charge < -0.3 is 5.32 Å². The molecule has 0 spiro atoms. The van der Waals surface area contributed by atoms with Crippen molar-refractivity contribution in [3.63, 3.8) is 0 Å². The van der Waals surface area contributed by atoms with Crippen molar-refractivity contribution >= 4 is 27.7 Å². The highest BCUT2D eigenvalue weighted by Crippen LogP contribution is 2.16. The average Bonchev–Trinajstić information content (AvgIpc) is 2.87. The molecule has 3 aromatic rings. The van der Waals surface area contributed by atoms with E-state index in [1.165, 1.54) is 0 Å². The van der Waals surface area contributed by atoms with Crippen LogP contribution in [0.15, 0.2) is 65.1 Å². The van der Waals surface area contributed by atoms with Crippen LogP contribution in [0.2, 0.25) is 0 Å². The molecule has 1 amide bonds. The van der Waals surface area contributed by atoms with E-state index < -0.39 is 0 Å². The number of aryl methyl sites for hydroxylation is 1. The van der Waals surface area contributed by atoms with Crippen molar-refractivity contribution in [2.45, 2.75) is 13.5 Å². The second-order valence-corrected chi connectivity index (χ2v) is 6.19. The van der Waals surface area contributed by atoms with Crippen LogP contribution in [-0.2, 0) is 6.54 Å². The fourth-order valence-corrected chi connectivity index (χ4v) is 2.74. The lowest BCUT2D eigenvalue weighted by Crippen LogP contribution is -2.16. The molecule has 0 aliphatic heterocycles. The second kappa shape index (κ2) is 6.79. The van der Waals surface area contributed by atoms with Crippen LogP contribution < -0.4 is 5.32 Å². The van der Waals surface area contributed by atoms with Gasteiger partial charge >= 0.3 is 0 Å². The highest BCUT2D eigenvalue weighted by atomic mass is 79.9. The van der Waals surface area contributed by atoms with E-state index in [1.807, 2.05) is 55.5 Å². The van der Waals surface area contributed by atoms with Gasteiger partial charge in [-0.2, -0.15) is 5.10 Å². The maximum Gasteiger partial charge on any atom is 0.256 e. The Morgan fingerprint density at radius 3 is 2.65 bits per heavy atom. The van der Waals surface area contributed by atoms with Gasteiger partial charge in [0.1, 0.15) is 5.82 Å². The van der Waals surface area contributed by atoms with Crippen molar-refractivity contribution in [1.29, 1.82) is 0 Å². The molecule has 1 N–H and O–H groups in total. The smallest absolute Gasteiger partial charge is 0.256 e. The number of aromatic nitrogens is 2. The predicted octanol–water partition coefficient (Wildman–Crippen LogP) is 4.25. The molecular weight excluding hydrogens is 354 g/mol. The number of hydrogen-bond donors (Lipinski definition) is 1. The zero-order valence-corrected chi connectivity index (χ0v) is 14.2. The molecule has 0 radical (unpaired) electrons. The van der Waals surface area contributed by atoms with Crippen molar-refractivity contribution in [2.24, 2.45) is 0 Å². The van der Waals surface area contributed by atoms with Crippen molar-refractivity contribution in [3.05, 3.63) is 82.0 Å². The molecule has 1 aromatic heterocycles. The van der Waals surface area contributed by atoms with E-state index >= 15 is 0 Å². The molecule has 0 atom stereocenters. The summed E-state index contributed by atoms with van der Waals surface area (Å²) in [6.07, 6.45) is 0. The van der Waals surface area contributed by atoms with E-state index in [-0.39, 0.29) is 5.91 Å². The van der Waals surface area contributed by atoms with Gasteiger partial charge in [-0.1, -0.05) is 52.3 Å². The van der Waals surface area contributed by atoms with Crippen LogP contribution in [0, 0.1) is 6.92 Å². The summed E-state index contributed by atoms with van der Waals surface area (Å²) in [6, 6.07) is 19.2. The van der Waals surface area contributed by atoms with Crippen LogP contribution >= 0.6 is 15.9 Å². The molecule has 23 heavy (non-hydrogen) atoms. The molecule has 0 saturated heterocycles. The van der Waals surface area contributed by atoms with Gasteiger partial charge in [-0.3, -0.25) is 4.79 Å². The number of amides is 1. The molecule has 5 heteroatoms. The monoisotopic (exact) mass is 369 g/mol. The Kier molecular flexibility index (Phi) is 4.57. The van der Waals surface area contributed by atoms with E-state index in [4.69, 9.17) is 0 Å². The molecule has 0 fully saturated rings. The van der Waals surface area contributed by atoms with Gasteiger partial charge in [0, 0.05) is 16.1 Å². The van der Waals surface area contributed by atoms with Crippen LogP contribution in [0.25, 0.3) is 0 Å². The minimum absolute atomic E-state index is 0.152. The fraction of sp³-hybridized carbons (Fsp3) is 0.111. The summed E-state index contributed by atoms with van der Waals surface area (Å²) in [5, 5.41) is 7.40. The minimum atomic E-state index is -0.152. The number of benzene rings is 2. The topological polar surface area (TPSA) is 46.9 Å². The number of hydrogen-bond acceptors (Lipinski definition) is 2. The molecule has 0 aliphatic rings. The van der Waals surface area contributed by atoms with Gasteiger partial charge in [0.15, 0.2) is 0 Å². The van der Waals surface area contributed by atoms with E-state index in [1.54, 1.807) is 16.8 Å². The van der Waals surface area contributed by atoms with Gasteiger partial charge in [0.05, 0.1) is 12.2 Å². The second-order valence-electron chi connectivity index (χ2n) is 5.28. The Hall–Kier alpha value is -2.40. The van der Waals surface area contributed by atoms with Crippen LogP contribution in [0.1, 0.15) is 21.6 Å². The number of carbonyl (C=O) groups is 1. The lowest BCUT2D eigenvalue weighted by Gasteiger charge is -2.09. The molecule has 116 valence electrons. The number of carbonyl (C=O) groups excluding carboxylic acids is 1. The predicted molar refractivity (Wildman–Crippen MR) is 94.6 cm³/mol. The highest BCUT2D eigenvalue weighted by molar-refractivity contribution is 9.10. The molecule has 0 bridgehead atoms. The number of nitrogens with zero attached hydrogens (tertiary/aromatic N) is 2. The van der Waals surface area contributed by atoms with E-state index in [2.05, 4.69) is 26.3 Å². The van der Waals surface area contributed by atoms with Gasteiger partial charge in [0.25, 0.3) is 5.91 Å². The van der Waals surface area contributed by atoms with Crippen molar-refractivity contribution in [1.82, 2.24) is 9.78 Å². The highest BCUT2D eigenvalue weighted by Gasteiger charge is 2.11. The molecule has 1 heterocycles. The summed E-state index contributed by atoms with van der Waals surface area (Å²) in [4.78, 5) is 12.4. The van der Waals surface area contributed by atoms with Crippen LogP contribution in [0.3, 0.4) is 0 Å². The first kappa shape index (κ1) is 15.5.